The highest BCUT2D eigenvalue weighted by molar-refractivity contribution is 5.91. The van der Waals surface area contributed by atoms with Crippen LogP contribution in [0, 0.1) is 5.82 Å². The molecule has 1 atom stereocenters. The summed E-state index contributed by atoms with van der Waals surface area (Å²) < 4.78 is 20.1. The lowest BCUT2D eigenvalue weighted by Crippen LogP contribution is -2.29. The average Bonchev–Trinajstić information content (AvgIpc) is 3.65. The van der Waals surface area contributed by atoms with E-state index in [1.54, 1.807) is 29.3 Å². The molecule has 196 valence electrons. The third-order valence-electron chi connectivity index (χ3n) is 6.53. The molecule has 1 fully saturated rings. The Kier molecular flexibility index (Phi) is 6.52. The van der Waals surface area contributed by atoms with Gasteiger partial charge in [0.2, 0.25) is 5.91 Å². The van der Waals surface area contributed by atoms with Crippen molar-refractivity contribution in [2.45, 2.75) is 51.6 Å². The van der Waals surface area contributed by atoms with Crippen LogP contribution in [0.4, 0.5) is 4.39 Å². The molecular formula is C27H28FN7O3. The number of nitrogens with zero attached hydrogens (tertiary/aromatic N) is 5. The Morgan fingerprint density at radius 2 is 2.11 bits per heavy atom. The van der Waals surface area contributed by atoms with Gasteiger partial charge in [0.1, 0.15) is 11.6 Å². The largest absolute Gasteiger partial charge is 0.344 e. The Labute approximate surface area is 218 Å². The molecule has 2 amide bonds. The number of hydrogen-bond donors (Lipinski definition) is 2. The zero-order valence-corrected chi connectivity index (χ0v) is 21.4. The molecule has 4 heterocycles. The van der Waals surface area contributed by atoms with Crippen molar-refractivity contribution in [2.24, 2.45) is 0 Å². The molecule has 1 aliphatic rings. The van der Waals surface area contributed by atoms with Crippen molar-refractivity contribution < 1.29 is 18.5 Å². The number of imidazole rings is 1. The molecule has 0 aliphatic carbocycles. The molecule has 0 saturated carbocycles. The van der Waals surface area contributed by atoms with E-state index in [9.17, 15) is 9.59 Å². The molecular weight excluding hydrogens is 489 g/mol. The van der Waals surface area contributed by atoms with Gasteiger partial charge in [-0.3, -0.25) is 9.59 Å². The van der Waals surface area contributed by atoms with Crippen LogP contribution in [-0.4, -0.2) is 48.4 Å². The van der Waals surface area contributed by atoms with E-state index in [1.807, 2.05) is 20.8 Å². The number of carbonyl (C=O) groups is 2. The minimum absolute atomic E-state index is 0.0486. The molecule has 1 aromatic carbocycles. The number of amides is 2. The van der Waals surface area contributed by atoms with Crippen molar-refractivity contribution in [3.63, 3.8) is 0 Å². The summed E-state index contributed by atoms with van der Waals surface area (Å²) in [7, 11) is 0. The summed E-state index contributed by atoms with van der Waals surface area (Å²) in [5, 5.41) is 6.46. The number of carbonyl (C=O) groups excluding carboxylic acids is 2. The van der Waals surface area contributed by atoms with Crippen molar-refractivity contribution in [3.8, 4) is 11.1 Å². The first kappa shape index (κ1) is 25.2. The van der Waals surface area contributed by atoms with Crippen LogP contribution in [0.15, 0.2) is 47.6 Å². The van der Waals surface area contributed by atoms with Gasteiger partial charge in [0.15, 0.2) is 11.5 Å². The molecule has 11 heteroatoms. The smallest absolute Gasteiger partial charge is 0.315 e. The van der Waals surface area contributed by atoms with E-state index in [1.165, 1.54) is 12.1 Å². The lowest BCUT2D eigenvalue weighted by atomic mass is 9.96. The van der Waals surface area contributed by atoms with Crippen LogP contribution < -0.4 is 5.32 Å². The summed E-state index contributed by atoms with van der Waals surface area (Å²) in [6.45, 7) is 9.90. The van der Waals surface area contributed by atoms with E-state index in [2.05, 4.69) is 37.0 Å². The first-order valence-electron chi connectivity index (χ1n) is 12.3. The molecule has 0 unspecified atom stereocenters. The maximum atomic E-state index is 15.1. The molecule has 1 saturated heterocycles. The Morgan fingerprint density at radius 3 is 2.82 bits per heavy atom. The summed E-state index contributed by atoms with van der Waals surface area (Å²) in [5.41, 5.74) is 2.43. The average molecular weight is 518 g/mol. The summed E-state index contributed by atoms with van der Waals surface area (Å²) in [5.74, 6) is -0.309. The molecule has 2 N–H and O–H groups in total. The summed E-state index contributed by atoms with van der Waals surface area (Å²) in [4.78, 5) is 42.8. The molecule has 38 heavy (non-hydrogen) atoms. The number of benzene rings is 1. The van der Waals surface area contributed by atoms with E-state index in [-0.39, 0.29) is 29.8 Å². The van der Waals surface area contributed by atoms with Crippen LogP contribution in [0.5, 0.6) is 0 Å². The Morgan fingerprint density at radius 1 is 1.29 bits per heavy atom. The second-order valence-corrected chi connectivity index (χ2v) is 10.2. The van der Waals surface area contributed by atoms with Crippen molar-refractivity contribution >= 4 is 23.0 Å². The maximum absolute atomic E-state index is 15.1. The maximum Gasteiger partial charge on any atom is 0.315 e. The van der Waals surface area contributed by atoms with Gasteiger partial charge < -0.3 is 19.7 Å². The number of fused-ring (bicyclic) bond motifs is 1. The Balaban J connectivity index is 1.35. The first-order chi connectivity index (χ1) is 18.2. The quantitative estimate of drug-likeness (QED) is 0.366. The number of H-pyrrole nitrogens is 1. The second-order valence-electron chi connectivity index (χ2n) is 10.2. The highest BCUT2D eigenvalue weighted by atomic mass is 19.1. The number of nitrogens with one attached hydrogen (secondary N) is 2. The van der Waals surface area contributed by atoms with Gasteiger partial charge in [0.25, 0.3) is 0 Å². The van der Waals surface area contributed by atoms with Crippen molar-refractivity contribution in [2.75, 3.05) is 6.54 Å². The highest BCUT2D eigenvalue weighted by Crippen LogP contribution is 2.34. The van der Waals surface area contributed by atoms with Gasteiger partial charge in [-0.05, 0) is 36.6 Å². The zero-order chi connectivity index (χ0) is 27.0. The van der Waals surface area contributed by atoms with E-state index in [4.69, 9.17) is 4.52 Å². The van der Waals surface area contributed by atoms with Gasteiger partial charge in [-0.1, -0.05) is 44.6 Å². The fourth-order valence-electron chi connectivity index (χ4n) is 4.49. The van der Waals surface area contributed by atoms with Crippen LogP contribution in [0.25, 0.3) is 22.3 Å². The monoisotopic (exact) mass is 517 g/mol. The molecule has 0 bridgehead atoms. The van der Waals surface area contributed by atoms with Crippen molar-refractivity contribution in [1.29, 1.82) is 0 Å². The third-order valence-corrected chi connectivity index (χ3v) is 6.53. The predicted octanol–water partition coefficient (Wildman–Crippen LogP) is 4.22. The molecule has 5 rings (SSSR count). The van der Waals surface area contributed by atoms with Crippen LogP contribution in [0.3, 0.4) is 0 Å². The van der Waals surface area contributed by atoms with Gasteiger partial charge >= 0.3 is 11.8 Å². The molecule has 4 aromatic rings. The van der Waals surface area contributed by atoms with E-state index in [0.717, 1.165) is 18.4 Å². The van der Waals surface area contributed by atoms with E-state index in [0.29, 0.717) is 40.5 Å². The SMILES string of the molecule is C=CC(=O)N1CCC[C@H]1c1nc2nccc(-c3ccc(CNC(=O)c4nc(C(C)(C)C)no4)c(F)c3)c2[nH]1. The van der Waals surface area contributed by atoms with Crippen LogP contribution in [0.1, 0.15) is 67.6 Å². The number of rotatable bonds is 6. The fourth-order valence-corrected chi connectivity index (χ4v) is 4.49. The number of halogens is 1. The summed E-state index contributed by atoms with van der Waals surface area (Å²) >= 11 is 0. The van der Waals surface area contributed by atoms with Crippen molar-refractivity contribution in [3.05, 3.63) is 72.0 Å². The van der Waals surface area contributed by atoms with E-state index < -0.39 is 11.7 Å². The van der Waals surface area contributed by atoms with Gasteiger partial charge in [0.05, 0.1) is 11.6 Å². The topological polar surface area (TPSA) is 130 Å². The van der Waals surface area contributed by atoms with Crippen molar-refractivity contribution in [1.82, 2.24) is 35.3 Å². The minimum atomic E-state index is -0.576. The molecule has 1 aliphatic heterocycles. The third kappa shape index (κ3) is 4.79. The Hall–Kier alpha value is -4.41. The fraction of sp³-hybridized carbons (Fsp3) is 0.333. The molecule has 0 radical (unpaired) electrons. The van der Waals surface area contributed by atoms with Gasteiger partial charge in [0, 0.05) is 35.8 Å². The van der Waals surface area contributed by atoms with E-state index >= 15 is 4.39 Å². The number of hydrogen-bond acceptors (Lipinski definition) is 7. The zero-order valence-electron chi connectivity index (χ0n) is 21.4. The lowest BCUT2D eigenvalue weighted by molar-refractivity contribution is -0.127. The first-order valence-corrected chi connectivity index (χ1v) is 12.3. The van der Waals surface area contributed by atoms with Crippen LogP contribution in [0.2, 0.25) is 0 Å². The molecule has 10 nitrogen and oxygen atoms in total. The van der Waals surface area contributed by atoms with Gasteiger partial charge in [-0.15, -0.1) is 0 Å². The standard InChI is InChI=1S/C27H28FN7O3/c1-5-20(36)35-12-6-7-19(35)22-31-21-17(10-11-29-23(21)32-22)15-8-9-16(18(28)13-15)14-30-24(37)25-33-26(34-38-25)27(2,3)4/h5,8-11,13,19H,1,6-7,12,14H2,2-4H3,(H,30,37)(H,29,31,32)/t19-/m0/s1. The number of aromatic amines is 1. The molecule has 3 aromatic heterocycles. The molecule has 0 spiro atoms. The van der Waals surface area contributed by atoms with Gasteiger partial charge in [-0.2, -0.15) is 4.98 Å². The lowest BCUT2D eigenvalue weighted by Gasteiger charge is -2.21. The van der Waals surface area contributed by atoms with Crippen LogP contribution >= 0.6 is 0 Å². The Bertz CT molecular complexity index is 1540. The van der Waals surface area contributed by atoms with Gasteiger partial charge in [-0.25, -0.2) is 14.4 Å². The number of aromatic nitrogens is 5. The minimum Gasteiger partial charge on any atom is -0.344 e. The number of likely N-dealkylation sites (tertiary alicyclic amines) is 1. The van der Waals surface area contributed by atoms with Crippen LogP contribution in [-0.2, 0) is 16.8 Å². The summed E-state index contributed by atoms with van der Waals surface area (Å²) in [6.07, 6.45) is 4.58. The number of pyridine rings is 1. The predicted molar refractivity (Wildman–Crippen MR) is 137 cm³/mol. The normalized spacial score (nSPS) is 15.7. The second kappa shape index (κ2) is 9.81. The highest BCUT2D eigenvalue weighted by Gasteiger charge is 2.31. The summed E-state index contributed by atoms with van der Waals surface area (Å²) in [6, 6.07) is 6.38.